The van der Waals surface area contributed by atoms with Crippen molar-refractivity contribution in [3.8, 4) is 0 Å². The molecule has 192 valence electrons. The van der Waals surface area contributed by atoms with Crippen LogP contribution in [0.2, 0.25) is 0 Å². The van der Waals surface area contributed by atoms with Crippen LogP contribution < -0.4 is 0 Å². The Hall–Kier alpha value is 0.370. The van der Waals surface area contributed by atoms with E-state index in [0.29, 0.717) is 48.3 Å². The van der Waals surface area contributed by atoms with Crippen LogP contribution in [-0.2, 0) is 0 Å². The Labute approximate surface area is 205 Å². The Morgan fingerprint density at radius 3 is 0.812 bits per heavy atom. The molecule has 0 bridgehead atoms. The summed E-state index contributed by atoms with van der Waals surface area (Å²) in [6.07, 6.45) is 0. The second-order valence-electron chi connectivity index (χ2n) is 11.1. The van der Waals surface area contributed by atoms with E-state index in [4.69, 9.17) is 4.76 Å². The van der Waals surface area contributed by atoms with Crippen molar-refractivity contribution in [3.63, 3.8) is 0 Å². The third-order valence-electron chi connectivity index (χ3n) is 5.38. The highest BCUT2D eigenvalue weighted by Gasteiger charge is 2.35. The molecule has 0 saturated carbocycles. The molecule has 0 rings (SSSR count). The first-order valence-corrected chi connectivity index (χ1v) is 15.3. The van der Waals surface area contributed by atoms with Crippen molar-refractivity contribution in [2.75, 3.05) is 0 Å². The standard InChI is InChI=1S/C25H57N5P2/c1-18(2)27(19(3)4)31(28(20(5)6)21(7)8)17-26-32(29(22(9)10)23(11)12)30(24(13)14)25(15)16/h17-25H,1-16H3/b26-17-. The minimum Gasteiger partial charge on any atom is -0.260 e. The highest BCUT2D eigenvalue weighted by atomic mass is 31.2. The predicted molar refractivity (Wildman–Crippen MR) is 151 cm³/mol. The highest BCUT2D eigenvalue weighted by Crippen LogP contribution is 2.54. The first-order chi connectivity index (χ1) is 14.6. The van der Waals surface area contributed by atoms with Crippen LogP contribution in [0.5, 0.6) is 0 Å². The van der Waals surface area contributed by atoms with Crippen LogP contribution in [0.4, 0.5) is 0 Å². The van der Waals surface area contributed by atoms with Gasteiger partial charge in [-0.1, -0.05) is 0 Å². The van der Waals surface area contributed by atoms with E-state index in [1.807, 2.05) is 0 Å². The average molecular weight is 490 g/mol. The molecule has 5 nitrogen and oxygen atoms in total. The van der Waals surface area contributed by atoms with E-state index in [2.05, 4.69) is 135 Å². The third-order valence-corrected chi connectivity index (χ3v) is 11.7. The lowest BCUT2D eigenvalue weighted by Gasteiger charge is -2.47. The van der Waals surface area contributed by atoms with Crippen molar-refractivity contribution in [1.29, 1.82) is 0 Å². The Bertz CT molecular complexity index is 414. The smallest absolute Gasteiger partial charge is 0.170 e. The van der Waals surface area contributed by atoms with Crippen LogP contribution in [0, 0.1) is 0 Å². The molecule has 0 aromatic rings. The molecule has 0 N–H and O–H groups in total. The molecule has 0 aromatic heterocycles. The van der Waals surface area contributed by atoms with Gasteiger partial charge in [0.15, 0.2) is 8.37 Å². The van der Waals surface area contributed by atoms with Crippen molar-refractivity contribution in [2.24, 2.45) is 4.76 Å². The molecule has 0 aliphatic heterocycles. The second kappa shape index (κ2) is 14.7. The van der Waals surface area contributed by atoms with Crippen molar-refractivity contribution in [2.45, 2.75) is 159 Å². The van der Waals surface area contributed by atoms with Gasteiger partial charge in [-0.05, 0) is 111 Å². The lowest BCUT2D eigenvalue weighted by molar-refractivity contribution is 0.256. The maximum Gasteiger partial charge on any atom is 0.170 e. The van der Waals surface area contributed by atoms with Gasteiger partial charge in [0.25, 0.3) is 0 Å². The van der Waals surface area contributed by atoms with Gasteiger partial charge in [-0.15, -0.1) is 0 Å². The summed E-state index contributed by atoms with van der Waals surface area (Å²) < 4.78 is 16.1. The lowest BCUT2D eigenvalue weighted by atomic mass is 10.3. The monoisotopic (exact) mass is 489 g/mol. The molecule has 0 fully saturated rings. The van der Waals surface area contributed by atoms with E-state index >= 15 is 0 Å². The fraction of sp³-hybridized carbons (Fsp3) is 0.960. The van der Waals surface area contributed by atoms with Crippen LogP contribution in [0.1, 0.15) is 111 Å². The largest absolute Gasteiger partial charge is 0.260 e. The summed E-state index contributed by atoms with van der Waals surface area (Å²) in [7, 11) is -1.47. The molecule has 0 amide bonds. The van der Waals surface area contributed by atoms with E-state index < -0.39 is 16.6 Å². The van der Waals surface area contributed by atoms with Crippen LogP contribution >= 0.6 is 16.6 Å². The fourth-order valence-electron chi connectivity index (χ4n) is 4.73. The topological polar surface area (TPSA) is 25.3 Å². The molecular weight excluding hydrogens is 432 g/mol. The molecule has 0 aliphatic carbocycles. The Kier molecular flexibility index (Phi) is 14.9. The summed E-state index contributed by atoms with van der Waals surface area (Å²) in [5, 5.41) is 0. The van der Waals surface area contributed by atoms with Gasteiger partial charge < -0.3 is 0 Å². The Morgan fingerprint density at radius 1 is 0.406 bits per heavy atom. The summed E-state index contributed by atoms with van der Waals surface area (Å²) in [5.74, 6) is 2.36. The molecule has 0 spiro atoms. The summed E-state index contributed by atoms with van der Waals surface area (Å²) in [6, 6.07) is 3.66. The molecule has 0 heterocycles. The van der Waals surface area contributed by atoms with Crippen LogP contribution in [0.15, 0.2) is 4.76 Å². The van der Waals surface area contributed by atoms with Crippen molar-refractivity contribution in [1.82, 2.24) is 18.7 Å². The zero-order valence-electron chi connectivity index (χ0n) is 24.3. The molecule has 0 unspecified atom stereocenters. The minimum atomic E-state index is -0.805. The van der Waals surface area contributed by atoms with Gasteiger partial charge in [-0.25, -0.2) is 14.1 Å². The second-order valence-corrected chi connectivity index (χ2v) is 14.6. The fourth-order valence-corrected chi connectivity index (χ4v) is 9.97. The van der Waals surface area contributed by atoms with Crippen molar-refractivity contribution in [3.05, 3.63) is 0 Å². The van der Waals surface area contributed by atoms with E-state index in [1.165, 1.54) is 0 Å². The van der Waals surface area contributed by atoms with Gasteiger partial charge in [-0.2, -0.15) is 0 Å². The molecule has 0 saturated heterocycles. The van der Waals surface area contributed by atoms with E-state index in [9.17, 15) is 0 Å². The molecule has 0 aliphatic rings. The molecule has 0 radical (unpaired) electrons. The summed E-state index contributed by atoms with van der Waals surface area (Å²) in [6.45, 7) is 37.1. The Balaban J connectivity index is 6.71. The van der Waals surface area contributed by atoms with Gasteiger partial charge in [0.05, 0.1) is 14.2 Å². The number of rotatable bonds is 14. The van der Waals surface area contributed by atoms with Gasteiger partial charge in [0.1, 0.15) is 0 Å². The zero-order valence-corrected chi connectivity index (χ0v) is 26.1. The normalized spacial score (nSPS) is 14.3. The molecule has 32 heavy (non-hydrogen) atoms. The number of nitrogens with zero attached hydrogens (tertiary/aromatic N) is 5. The molecule has 0 atom stereocenters. The van der Waals surface area contributed by atoms with E-state index in [-0.39, 0.29) is 0 Å². The molecular formula is C25H57N5P2. The summed E-state index contributed by atoms with van der Waals surface area (Å²) >= 11 is 0. The molecule has 7 heteroatoms. The third kappa shape index (κ3) is 9.20. The summed E-state index contributed by atoms with van der Waals surface area (Å²) in [5.41, 5.74) is 0. The number of hydrogen-bond acceptors (Lipinski definition) is 5. The van der Waals surface area contributed by atoms with Crippen LogP contribution in [-0.4, -0.2) is 73.0 Å². The minimum absolute atomic E-state index is 0.446. The van der Waals surface area contributed by atoms with Crippen molar-refractivity contribution < 1.29 is 0 Å². The van der Waals surface area contributed by atoms with Crippen molar-refractivity contribution >= 4 is 22.6 Å². The SMILES string of the molecule is CC(C)N(C(C)C)P(/C=N\P(N(C(C)C)C(C)C)N(C(C)C)C(C)C)N(C(C)C)C(C)C. The first kappa shape index (κ1) is 32.4. The number of hydrogen-bond donors (Lipinski definition) is 0. The summed E-state index contributed by atoms with van der Waals surface area (Å²) in [4.78, 5) is 0. The van der Waals surface area contributed by atoms with Gasteiger partial charge in [0.2, 0.25) is 0 Å². The van der Waals surface area contributed by atoms with Gasteiger partial charge >= 0.3 is 0 Å². The predicted octanol–water partition coefficient (Wildman–Crippen LogP) is 8.03. The molecule has 0 aromatic carbocycles. The quantitative estimate of drug-likeness (QED) is 0.182. The van der Waals surface area contributed by atoms with Gasteiger partial charge in [-0.3, -0.25) is 9.34 Å². The highest BCUT2D eigenvalue weighted by molar-refractivity contribution is 7.69. The Morgan fingerprint density at radius 2 is 0.625 bits per heavy atom. The maximum atomic E-state index is 5.52. The van der Waals surface area contributed by atoms with Gasteiger partial charge in [0, 0.05) is 48.3 Å². The van der Waals surface area contributed by atoms with Crippen LogP contribution in [0.25, 0.3) is 0 Å². The maximum absolute atomic E-state index is 5.52. The zero-order chi connectivity index (χ0) is 25.5. The average Bonchev–Trinajstić information content (AvgIpc) is 2.56. The lowest BCUT2D eigenvalue weighted by Crippen LogP contribution is -2.43. The van der Waals surface area contributed by atoms with E-state index in [0.717, 1.165) is 0 Å². The first-order valence-electron chi connectivity index (χ1n) is 12.8. The van der Waals surface area contributed by atoms with E-state index in [1.54, 1.807) is 0 Å². The van der Waals surface area contributed by atoms with Crippen LogP contribution in [0.3, 0.4) is 0 Å².